The molecule has 1 N–H and O–H groups in total. The van der Waals surface area contributed by atoms with E-state index in [0.29, 0.717) is 6.42 Å². The lowest BCUT2D eigenvalue weighted by Gasteiger charge is -2.20. The smallest absolute Gasteiger partial charge is 0.165 e. The van der Waals surface area contributed by atoms with E-state index in [2.05, 4.69) is 18.2 Å². The maximum absolute atomic E-state index is 5.44. The zero-order valence-electron chi connectivity index (χ0n) is 11.3. The minimum atomic E-state index is 0.0972. The topological polar surface area (TPSA) is 30.5 Å². The first-order valence-electron chi connectivity index (χ1n) is 6.16. The van der Waals surface area contributed by atoms with Crippen LogP contribution in [0.1, 0.15) is 31.4 Å². The van der Waals surface area contributed by atoms with E-state index < -0.39 is 0 Å². The van der Waals surface area contributed by atoms with Crippen LogP contribution in [-0.2, 0) is 0 Å². The van der Waals surface area contributed by atoms with Gasteiger partial charge in [0.2, 0.25) is 0 Å². The van der Waals surface area contributed by atoms with Gasteiger partial charge in [0.1, 0.15) is 0 Å². The number of hydrogen-bond acceptors (Lipinski definition) is 3. The highest BCUT2D eigenvalue weighted by molar-refractivity contribution is 5.48. The zero-order valence-corrected chi connectivity index (χ0v) is 11.3. The highest BCUT2D eigenvalue weighted by Gasteiger charge is 2.17. The number of rotatable bonds is 7. The Bertz CT molecular complexity index is 409. The van der Waals surface area contributed by atoms with Gasteiger partial charge < -0.3 is 14.8 Å². The third-order valence-electron chi connectivity index (χ3n) is 2.77. The summed E-state index contributed by atoms with van der Waals surface area (Å²) in [5, 5.41) is 3.43. The van der Waals surface area contributed by atoms with Gasteiger partial charge in [0.15, 0.2) is 11.5 Å². The second-order valence-electron chi connectivity index (χ2n) is 4.00. The molecule has 3 heteroatoms. The van der Waals surface area contributed by atoms with Gasteiger partial charge in [0, 0.05) is 18.0 Å². The molecule has 1 unspecified atom stereocenters. The van der Waals surface area contributed by atoms with E-state index in [9.17, 15) is 0 Å². The summed E-state index contributed by atoms with van der Waals surface area (Å²) in [6.07, 6.45) is 7.13. The van der Waals surface area contributed by atoms with Crippen molar-refractivity contribution in [2.75, 3.05) is 20.8 Å². The normalized spacial score (nSPS) is 11.7. The Morgan fingerprint density at radius 2 is 2.11 bits per heavy atom. The quantitative estimate of drug-likeness (QED) is 0.752. The second kappa shape index (κ2) is 7.62. The number of para-hydroxylation sites is 1. The Kier molecular flexibility index (Phi) is 6.10. The van der Waals surface area contributed by atoms with Crippen LogP contribution in [0.25, 0.3) is 0 Å². The molecule has 1 atom stereocenters. The molecule has 0 radical (unpaired) electrons. The average molecular weight is 247 g/mol. The number of terminal acetylenes is 1. The molecule has 18 heavy (non-hydrogen) atoms. The predicted molar refractivity (Wildman–Crippen MR) is 74.0 cm³/mol. The van der Waals surface area contributed by atoms with Crippen molar-refractivity contribution >= 4 is 0 Å². The Labute approximate surface area is 109 Å². The van der Waals surface area contributed by atoms with Crippen molar-refractivity contribution in [2.45, 2.75) is 25.8 Å². The minimum absolute atomic E-state index is 0.0972. The van der Waals surface area contributed by atoms with Crippen LogP contribution in [0.3, 0.4) is 0 Å². The van der Waals surface area contributed by atoms with Gasteiger partial charge in [0.25, 0.3) is 0 Å². The van der Waals surface area contributed by atoms with Crippen LogP contribution in [0, 0.1) is 12.3 Å². The van der Waals surface area contributed by atoms with E-state index in [1.54, 1.807) is 14.2 Å². The second-order valence-corrected chi connectivity index (χ2v) is 4.00. The largest absolute Gasteiger partial charge is 0.493 e. The fourth-order valence-electron chi connectivity index (χ4n) is 1.91. The van der Waals surface area contributed by atoms with Crippen molar-refractivity contribution in [1.82, 2.24) is 5.32 Å². The summed E-state index contributed by atoms with van der Waals surface area (Å²) in [4.78, 5) is 0. The SMILES string of the molecule is C#CCC(NCCC)c1cccc(OC)c1OC. The van der Waals surface area contributed by atoms with E-state index in [1.165, 1.54) is 0 Å². The van der Waals surface area contributed by atoms with Crippen molar-refractivity contribution in [3.05, 3.63) is 23.8 Å². The summed E-state index contributed by atoms with van der Waals surface area (Å²) in [6, 6.07) is 5.95. The van der Waals surface area contributed by atoms with Crippen LogP contribution >= 0.6 is 0 Å². The minimum Gasteiger partial charge on any atom is -0.493 e. The number of ether oxygens (including phenoxy) is 2. The first kappa shape index (κ1) is 14.4. The molecule has 0 aliphatic heterocycles. The van der Waals surface area contributed by atoms with Crippen LogP contribution in [0.15, 0.2) is 18.2 Å². The Hall–Kier alpha value is -1.66. The average Bonchev–Trinajstić information content (AvgIpc) is 2.42. The van der Waals surface area contributed by atoms with E-state index in [4.69, 9.17) is 15.9 Å². The van der Waals surface area contributed by atoms with E-state index >= 15 is 0 Å². The van der Waals surface area contributed by atoms with Gasteiger partial charge >= 0.3 is 0 Å². The molecule has 0 aliphatic carbocycles. The van der Waals surface area contributed by atoms with Crippen LogP contribution in [-0.4, -0.2) is 20.8 Å². The van der Waals surface area contributed by atoms with Gasteiger partial charge in [-0.3, -0.25) is 0 Å². The maximum Gasteiger partial charge on any atom is 0.165 e. The summed E-state index contributed by atoms with van der Waals surface area (Å²) < 4.78 is 10.7. The Morgan fingerprint density at radius 1 is 1.33 bits per heavy atom. The molecule has 1 aromatic carbocycles. The number of hydrogen-bond donors (Lipinski definition) is 1. The monoisotopic (exact) mass is 247 g/mol. The maximum atomic E-state index is 5.44. The van der Waals surface area contributed by atoms with Gasteiger partial charge in [-0.15, -0.1) is 12.3 Å². The first-order valence-corrected chi connectivity index (χ1v) is 6.16. The van der Waals surface area contributed by atoms with Gasteiger partial charge in [-0.1, -0.05) is 19.1 Å². The fourth-order valence-corrected chi connectivity index (χ4v) is 1.91. The molecule has 1 aromatic rings. The summed E-state index contributed by atoms with van der Waals surface area (Å²) in [5.74, 6) is 4.19. The number of benzene rings is 1. The molecule has 0 aliphatic rings. The van der Waals surface area contributed by atoms with Gasteiger partial charge in [-0.2, -0.15) is 0 Å². The van der Waals surface area contributed by atoms with Crippen LogP contribution in [0.5, 0.6) is 11.5 Å². The van der Waals surface area contributed by atoms with Crippen molar-refractivity contribution in [3.8, 4) is 23.8 Å². The van der Waals surface area contributed by atoms with Crippen molar-refractivity contribution in [2.24, 2.45) is 0 Å². The predicted octanol–water partition coefficient (Wildman–Crippen LogP) is 2.77. The molecular formula is C15H21NO2. The van der Waals surface area contributed by atoms with Gasteiger partial charge in [-0.25, -0.2) is 0 Å². The van der Waals surface area contributed by atoms with E-state index in [0.717, 1.165) is 30.0 Å². The molecule has 0 amide bonds. The molecule has 3 nitrogen and oxygen atoms in total. The lowest BCUT2D eigenvalue weighted by molar-refractivity contribution is 0.346. The third-order valence-corrected chi connectivity index (χ3v) is 2.77. The van der Waals surface area contributed by atoms with E-state index in [1.807, 2.05) is 18.2 Å². The molecule has 0 spiro atoms. The Balaban J connectivity index is 3.06. The Morgan fingerprint density at radius 3 is 2.67 bits per heavy atom. The zero-order chi connectivity index (χ0) is 13.4. The van der Waals surface area contributed by atoms with Crippen LogP contribution < -0.4 is 14.8 Å². The lowest BCUT2D eigenvalue weighted by atomic mass is 10.0. The molecule has 0 saturated heterocycles. The highest BCUT2D eigenvalue weighted by atomic mass is 16.5. The summed E-state index contributed by atoms with van der Waals surface area (Å²) >= 11 is 0. The van der Waals surface area contributed by atoms with Crippen molar-refractivity contribution in [1.29, 1.82) is 0 Å². The molecule has 0 aromatic heterocycles. The third kappa shape index (κ3) is 3.41. The van der Waals surface area contributed by atoms with E-state index in [-0.39, 0.29) is 6.04 Å². The lowest BCUT2D eigenvalue weighted by Crippen LogP contribution is -2.22. The summed E-state index contributed by atoms with van der Waals surface area (Å²) in [7, 11) is 3.28. The fraction of sp³-hybridized carbons (Fsp3) is 0.467. The number of methoxy groups -OCH3 is 2. The number of nitrogens with one attached hydrogen (secondary N) is 1. The molecule has 0 fully saturated rings. The van der Waals surface area contributed by atoms with Gasteiger partial charge in [0.05, 0.1) is 14.2 Å². The van der Waals surface area contributed by atoms with Crippen molar-refractivity contribution in [3.63, 3.8) is 0 Å². The summed E-state index contributed by atoms with van der Waals surface area (Å²) in [6.45, 7) is 3.05. The highest BCUT2D eigenvalue weighted by Crippen LogP contribution is 2.35. The molecular weight excluding hydrogens is 226 g/mol. The first-order chi connectivity index (χ1) is 8.78. The molecule has 0 bridgehead atoms. The van der Waals surface area contributed by atoms with Crippen LogP contribution in [0.2, 0.25) is 0 Å². The molecule has 98 valence electrons. The summed E-state index contributed by atoms with van der Waals surface area (Å²) in [5.41, 5.74) is 1.04. The molecule has 0 heterocycles. The molecule has 1 rings (SSSR count). The molecule has 0 saturated carbocycles. The van der Waals surface area contributed by atoms with Gasteiger partial charge in [-0.05, 0) is 19.0 Å². The van der Waals surface area contributed by atoms with Crippen LogP contribution in [0.4, 0.5) is 0 Å². The van der Waals surface area contributed by atoms with Crippen molar-refractivity contribution < 1.29 is 9.47 Å². The standard InChI is InChI=1S/C15H21NO2/c1-5-8-13(16-11-6-2)12-9-7-10-14(17-3)15(12)18-4/h1,7,9-10,13,16H,6,8,11H2,2-4H3.